The van der Waals surface area contributed by atoms with Crippen molar-refractivity contribution in [2.24, 2.45) is 0 Å². The monoisotopic (exact) mass is 333 g/mol. The van der Waals surface area contributed by atoms with Crippen LogP contribution in [0.25, 0.3) is 33.9 Å². The molecular weight excluding hydrogens is 314 g/mol. The predicted octanol–water partition coefficient (Wildman–Crippen LogP) is 4.18. The second kappa shape index (κ2) is 6.12. The molecule has 25 heavy (non-hydrogen) atoms. The molecular formula is C19H19N5O. The van der Waals surface area contributed by atoms with Crippen LogP contribution < -0.4 is 0 Å². The van der Waals surface area contributed by atoms with Crippen LogP contribution in [-0.4, -0.2) is 25.1 Å². The molecule has 0 spiro atoms. The van der Waals surface area contributed by atoms with Crippen molar-refractivity contribution in [2.45, 2.75) is 33.7 Å². The van der Waals surface area contributed by atoms with E-state index in [1.165, 1.54) is 11.1 Å². The zero-order valence-electron chi connectivity index (χ0n) is 14.5. The Morgan fingerprint density at radius 3 is 2.56 bits per heavy atom. The van der Waals surface area contributed by atoms with Crippen LogP contribution in [0, 0.1) is 13.8 Å². The number of aromatic nitrogens is 5. The van der Waals surface area contributed by atoms with Gasteiger partial charge < -0.3 is 4.52 Å². The molecule has 0 radical (unpaired) electrons. The van der Waals surface area contributed by atoms with E-state index in [-0.39, 0.29) is 0 Å². The summed E-state index contributed by atoms with van der Waals surface area (Å²) in [6, 6.07) is 12.1. The summed E-state index contributed by atoms with van der Waals surface area (Å²) in [5.74, 6) is 1.08. The summed E-state index contributed by atoms with van der Waals surface area (Å²) in [5.41, 5.74) is 6.00. The van der Waals surface area contributed by atoms with Gasteiger partial charge >= 0.3 is 0 Å². The van der Waals surface area contributed by atoms with Gasteiger partial charge in [0.1, 0.15) is 5.52 Å². The molecule has 4 aromatic rings. The predicted molar refractivity (Wildman–Crippen MR) is 96.0 cm³/mol. The Morgan fingerprint density at radius 2 is 1.80 bits per heavy atom. The Morgan fingerprint density at radius 1 is 1.00 bits per heavy atom. The van der Waals surface area contributed by atoms with Gasteiger partial charge in [0.05, 0.1) is 5.52 Å². The average Bonchev–Trinajstić information content (AvgIpc) is 3.21. The minimum Gasteiger partial charge on any atom is -0.334 e. The van der Waals surface area contributed by atoms with E-state index in [9.17, 15) is 0 Å². The molecule has 2 aromatic heterocycles. The number of aryl methyl sites for hydroxylation is 3. The second-order valence-electron chi connectivity index (χ2n) is 6.32. The Bertz CT molecular complexity index is 1030. The molecule has 0 atom stereocenters. The molecule has 2 heterocycles. The quantitative estimate of drug-likeness (QED) is 0.560. The lowest BCUT2D eigenvalue weighted by atomic mass is 10.1. The van der Waals surface area contributed by atoms with Crippen molar-refractivity contribution in [2.75, 3.05) is 0 Å². The van der Waals surface area contributed by atoms with E-state index >= 15 is 0 Å². The minimum absolute atomic E-state index is 0.487. The van der Waals surface area contributed by atoms with E-state index in [0.717, 1.165) is 35.1 Å². The number of rotatable bonds is 4. The Labute approximate surface area is 145 Å². The molecule has 4 rings (SSSR count). The molecule has 0 aliphatic rings. The molecule has 0 bridgehead atoms. The zero-order valence-corrected chi connectivity index (χ0v) is 14.5. The fourth-order valence-corrected chi connectivity index (χ4v) is 3.04. The molecule has 0 saturated heterocycles. The highest BCUT2D eigenvalue weighted by atomic mass is 16.5. The SMILES string of the molecule is CCCn1nnc2cc(-c3nc(-c4cc(C)cc(C)c4)no3)ccc21. The molecule has 0 unspecified atom stereocenters. The summed E-state index contributed by atoms with van der Waals surface area (Å²) in [7, 11) is 0. The fraction of sp³-hybridized carbons (Fsp3) is 0.263. The first-order valence-corrected chi connectivity index (χ1v) is 8.40. The topological polar surface area (TPSA) is 69.6 Å². The molecule has 0 aliphatic heterocycles. The van der Waals surface area contributed by atoms with Crippen LogP contribution in [0.1, 0.15) is 24.5 Å². The van der Waals surface area contributed by atoms with Crippen LogP contribution in [0.4, 0.5) is 0 Å². The fourth-order valence-electron chi connectivity index (χ4n) is 3.04. The van der Waals surface area contributed by atoms with Gasteiger partial charge in [-0.25, -0.2) is 4.68 Å². The van der Waals surface area contributed by atoms with E-state index in [1.54, 1.807) is 0 Å². The lowest BCUT2D eigenvalue weighted by molar-refractivity contribution is 0.432. The van der Waals surface area contributed by atoms with Gasteiger partial charge in [-0.2, -0.15) is 4.98 Å². The molecule has 126 valence electrons. The Balaban J connectivity index is 1.71. The summed E-state index contributed by atoms with van der Waals surface area (Å²) in [6.45, 7) is 7.10. The van der Waals surface area contributed by atoms with Crippen molar-refractivity contribution in [1.29, 1.82) is 0 Å². The van der Waals surface area contributed by atoms with E-state index in [0.29, 0.717) is 11.7 Å². The van der Waals surface area contributed by atoms with Crippen molar-refractivity contribution in [3.05, 3.63) is 47.5 Å². The first-order chi connectivity index (χ1) is 12.1. The minimum atomic E-state index is 0.487. The normalized spacial score (nSPS) is 11.3. The van der Waals surface area contributed by atoms with Gasteiger partial charge in [0, 0.05) is 17.7 Å². The highest BCUT2D eigenvalue weighted by Crippen LogP contribution is 2.26. The zero-order chi connectivity index (χ0) is 17.4. The summed E-state index contributed by atoms with van der Waals surface area (Å²) >= 11 is 0. The van der Waals surface area contributed by atoms with Crippen LogP contribution >= 0.6 is 0 Å². The number of nitrogens with zero attached hydrogens (tertiary/aromatic N) is 5. The third-order valence-electron chi connectivity index (χ3n) is 4.10. The van der Waals surface area contributed by atoms with Crippen molar-refractivity contribution in [3.63, 3.8) is 0 Å². The maximum atomic E-state index is 5.47. The molecule has 0 saturated carbocycles. The number of hydrogen-bond acceptors (Lipinski definition) is 5. The van der Waals surface area contributed by atoms with Gasteiger partial charge in [0.2, 0.25) is 5.82 Å². The second-order valence-corrected chi connectivity index (χ2v) is 6.32. The lowest BCUT2D eigenvalue weighted by Gasteiger charge is -2.00. The number of fused-ring (bicyclic) bond motifs is 1. The maximum absolute atomic E-state index is 5.47. The molecule has 0 aliphatic carbocycles. The summed E-state index contributed by atoms with van der Waals surface area (Å²) in [4.78, 5) is 4.55. The van der Waals surface area contributed by atoms with Gasteiger partial charge in [-0.3, -0.25) is 0 Å². The van der Waals surface area contributed by atoms with E-state index in [1.807, 2.05) is 22.9 Å². The lowest BCUT2D eigenvalue weighted by Crippen LogP contribution is -1.98. The van der Waals surface area contributed by atoms with Crippen LogP contribution in [0.15, 0.2) is 40.9 Å². The van der Waals surface area contributed by atoms with Crippen LogP contribution in [0.2, 0.25) is 0 Å². The molecule has 0 N–H and O–H groups in total. The highest BCUT2D eigenvalue weighted by Gasteiger charge is 2.13. The van der Waals surface area contributed by atoms with Gasteiger partial charge in [-0.15, -0.1) is 5.10 Å². The largest absolute Gasteiger partial charge is 0.334 e. The van der Waals surface area contributed by atoms with Crippen molar-refractivity contribution < 1.29 is 4.52 Å². The molecule has 0 fully saturated rings. The van der Waals surface area contributed by atoms with E-state index < -0.39 is 0 Å². The highest BCUT2D eigenvalue weighted by molar-refractivity contribution is 5.79. The van der Waals surface area contributed by atoms with Gasteiger partial charge in [-0.1, -0.05) is 34.5 Å². The van der Waals surface area contributed by atoms with E-state index in [2.05, 4.69) is 59.4 Å². The first kappa shape index (κ1) is 15.5. The van der Waals surface area contributed by atoms with E-state index in [4.69, 9.17) is 4.52 Å². The van der Waals surface area contributed by atoms with Crippen molar-refractivity contribution in [3.8, 4) is 22.8 Å². The Hall–Kier alpha value is -3.02. The molecule has 6 nitrogen and oxygen atoms in total. The Kier molecular flexibility index (Phi) is 3.80. The molecule has 2 aromatic carbocycles. The summed E-state index contributed by atoms with van der Waals surface area (Å²) < 4.78 is 7.38. The van der Waals surface area contributed by atoms with Gasteiger partial charge in [0.25, 0.3) is 5.89 Å². The van der Waals surface area contributed by atoms with Crippen LogP contribution in [0.3, 0.4) is 0 Å². The maximum Gasteiger partial charge on any atom is 0.258 e. The van der Waals surface area contributed by atoms with Crippen molar-refractivity contribution >= 4 is 11.0 Å². The van der Waals surface area contributed by atoms with Gasteiger partial charge in [-0.05, 0) is 50.6 Å². The first-order valence-electron chi connectivity index (χ1n) is 8.40. The standard InChI is InChI=1S/C19H19N5O/c1-4-7-24-17-6-5-14(11-16(17)21-23-24)19-20-18(22-25-19)15-9-12(2)8-13(3)10-15/h5-6,8-11H,4,7H2,1-3H3. The van der Waals surface area contributed by atoms with Crippen LogP contribution in [-0.2, 0) is 6.54 Å². The average molecular weight is 333 g/mol. The third-order valence-corrected chi connectivity index (χ3v) is 4.10. The van der Waals surface area contributed by atoms with Crippen LogP contribution in [0.5, 0.6) is 0 Å². The van der Waals surface area contributed by atoms with Gasteiger partial charge in [0.15, 0.2) is 0 Å². The summed E-state index contributed by atoms with van der Waals surface area (Å²) in [5, 5.41) is 12.6. The number of hydrogen-bond donors (Lipinski definition) is 0. The number of benzene rings is 2. The molecule has 6 heteroatoms. The van der Waals surface area contributed by atoms with Crippen molar-refractivity contribution in [1.82, 2.24) is 25.1 Å². The summed E-state index contributed by atoms with van der Waals surface area (Å²) in [6.07, 6.45) is 1.02. The third kappa shape index (κ3) is 2.91. The molecule has 0 amide bonds. The smallest absolute Gasteiger partial charge is 0.258 e.